The zero-order chi connectivity index (χ0) is 16.2. The second kappa shape index (κ2) is 7.24. The van der Waals surface area contributed by atoms with Gasteiger partial charge in [0.1, 0.15) is 0 Å². The van der Waals surface area contributed by atoms with Crippen LogP contribution >= 0.6 is 0 Å². The second-order valence-corrected chi connectivity index (χ2v) is 6.99. The van der Waals surface area contributed by atoms with Crippen molar-refractivity contribution in [3.05, 3.63) is 11.8 Å². The summed E-state index contributed by atoms with van der Waals surface area (Å²) in [6.07, 6.45) is 2.14. The van der Waals surface area contributed by atoms with Gasteiger partial charge in [0.25, 0.3) is 0 Å². The van der Waals surface area contributed by atoms with Crippen molar-refractivity contribution in [3.63, 3.8) is 0 Å². The smallest absolute Gasteiger partial charge is 0.240 e. The number of carbonyl (C=O) groups is 1. The molecule has 2 N–H and O–H groups in total. The monoisotopic (exact) mass is 308 g/mol. The molecule has 0 bridgehead atoms. The Labute approximate surface area is 132 Å². The highest BCUT2D eigenvalue weighted by Gasteiger charge is 2.24. The average Bonchev–Trinajstić information content (AvgIpc) is 3.08. The lowest BCUT2D eigenvalue weighted by atomic mass is 9.92. The molecule has 1 aromatic rings. The molecule has 0 radical (unpaired) electrons. The van der Waals surface area contributed by atoms with Crippen LogP contribution < -0.4 is 10.6 Å². The first-order valence-corrected chi connectivity index (χ1v) is 8.12. The Balaban J connectivity index is 1.91. The van der Waals surface area contributed by atoms with Crippen molar-refractivity contribution in [1.29, 1.82) is 0 Å². The maximum Gasteiger partial charge on any atom is 0.240 e. The third-order valence-corrected chi connectivity index (χ3v) is 3.95. The minimum Gasteiger partial charge on any atom is -0.338 e. The highest BCUT2D eigenvalue weighted by atomic mass is 16.5. The molecule has 2 rings (SSSR count). The van der Waals surface area contributed by atoms with Gasteiger partial charge in [-0.05, 0) is 25.9 Å². The van der Waals surface area contributed by atoms with Crippen LogP contribution in [0.1, 0.15) is 46.2 Å². The fourth-order valence-corrected chi connectivity index (χ4v) is 2.68. The van der Waals surface area contributed by atoms with E-state index >= 15 is 0 Å². The number of nitrogens with one attached hydrogen (secondary N) is 2. The van der Waals surface area contributed by atoms with E-state index in [0.29, 0.717) is 18.5 Å². The topological polar surface area (TPSA) is 70.4 Å². The Morgan fingerprint density at radius 2 is 2.32 bits per heavy atom. The van der Waals surface area contributed by atoms with Gasteiger partial charge in [-0.2, -0.15) is 0 Å². The number of amides is 1. The highest BCUT2D eigenvalue weighted by molar-refractivity contribution is 5.91. The van der Waals surface area contributed by atoms with E-state index < -0.39 is 0 Å². The lowest BCUT2D eigenvalue weighted by Crippen LogP contribution is -2.42. The van der Waals surface area contributed by atoms with Gasteiger partial charge in [0, 0.05) is 24.1 Å². The van der Waals surface area contributed by atoms with Gasteiger partial charge < -0.3 is 9.84 Å². The molecule has 0 aliphatic carbocycles. The van der Waals surface area contributed by atoms with Crippen LogP contribution in [0.5, 0.6) is 0 Å². The van der Waals surface area contributed by atoms with Gasteiger partial charge in [-0.25, -0.2) is 0 Å². The summed E-state index contributed by atoms with van der Waals surface area (Å²) >= 11 is 0. The van der Waals surface area contributed by atoms with Gasteiger partial charge >= 0.3 is 0 Å². The summed E-state index contributed by atoms with van der Waals surface area (Å²) in [5, 5.41) is 10.2. The zero-order valence-electron chi connectivity index (χ0n) is 14.1. The van der Waals surface area contributed by atoms with Crippen LogP contribution in [0.25, 0.3) is 0 Å². The van der Waals surface area contributed by atoms with Gasteiger partial charge in [0.2, 0.25) is 11.8 Å². The van der Waals surface area contributed by atoms with Crippen molar-refractivity contribution in [2.24, 2.45) is 0 Å². The van der Waals surface area contributed by atoms with Gasteiger partial charge in [0.05, 0.1) is 12.2 Å². The first-order chi connectivity index (χ1) is 10.4. The Hall–Kier alpha value is -1.40. The van der Waals surface area contributed by atoms with Crippen LogP contribution in [0.4, 0.5) is 5.88 Å². The predicted octanol–water partition coefficient (Wildman–Crippen LogP) is 1.98. The second-order valence-electron chi connectivity index (χ2n) is 6.99. The molecule has 1 fully saturated rings. The number of carbonyl (C=O) groups excluding carboxylic acids is 1. The largest absolute Gasteiger partial charge is 0.338 e. The van der Waals surface area contributed by atoms with Gasteiger partial charge in [-0.3, -0.25) is 15.0 Å². The van der Waals surface area contributed by atoms with E-state index in [9.17, 15) is 4.79 Å². The van der Waals surface area contributed by atoms with Crippen molar-refractivity contribution >= 4 is 11.8 Å². The molecule has 0 spiro atoms. The van der Waals surface area contributed by atoms with Crippen molar-refractivity contribution in [2.45, 2.75) is 52.0 Å². The summed E-state index contributed by atoms with van der Waals surface area (Å²) in [4.78, 5) is 14.5. The van der Waals surface area contributed by atoms with E-state index in [4.69, 9.17) is 4.52 Å². The van der Waals surface area contributed by atoms with Crippen molar-refractivity contribution in [3.8, 4) is 0 Å². The fourth-order valence-electron chi connectivity index (χ4n) is 2.68. The number of aromatic nitrogens is 1. The lowest BCUT2D eigenvalue weighted by molar-refractivity contribution is -0.117. The van der Waals surface area contributed by atoms with E-state index in [2.05, 4.69) is 48.4 Å². The van der Waals surface area contributed by atoms with Crippen molar-refractivity contribution in [1.82, 2.24) is 15.4 Å². The fraction of sp³-hybridized carbons (Fsp3) is 0.750. The molecule has 1 atom stereocenters. The number of hydrogen-bond acceptors (Lipinski definition) is 5. The van der Waals surface area contributed by atoms with Gasteiger partial charge in [-0.1, -0.05) is 32.9 Å². The Bertz CT molecular complexity index is 487. The van der Waals surface area contributed by atoms with Crippen LogP contribution in [0.15, 0.2) is 10.6 Å². The highest BCUT2D eigenvalue weighted by Crippen LogP contribution is 2.23. The molecule has 1 unspecified atom stereocenters. The molecule has 0 saturated carbocycles. The summed E-state index contributed by atoms with van der Waals surface area (Å²) in [5.41, 5.74) is 0.754. The van der Waals surface area contributed by atoms with Crippen LogP contribution in [0.2, 0.25) is 0 Å². The SMILES string of the molecule is CCCN(CC(=O)Nc1cc(C(C)(C)C)no1)C1CCNC1. The molecule has 1 saturated heterocycles. The van der Waals surface area contributed by atoms with Gasteiger partial charge in [-0.15, -0.1) is 0 Å². The first-order valence-electron chi connectivity index (χ1n) is 8.12. The van der Waals surface area contributed by atoms with Gasteiger partial charge in [0.15, 0.2) is 0 Å². The molecular formula is C16H28N4O2. The molecule has 2 heterocycles. The van der Waals surface area contributed by atoms with Crippen LogP contribution in [-0.4, -0.2) is 48.2 Å². The number of anilines is 1. The third kappa shape index (κ3) is 4.55. The predicted molar refractivity (Wildman–Crippen MR) is 87.0 cm³/mol. The minimum atomic E-state index is -0.0871. The zero-order valence-corrected chi connectivity index (χ0v) is 14.1. The number of rotatable bonds is 6. The van der Waals surface area contributed by atoms with Crippen LogP contribution in [0.3, 0.4) is 0 Å². The maximum absolute atomic E-state index is 12.3. The first kappa shape index (κ1) is 17.0. The molecule has 1 aliphatic rings. The molecule has 124 valence electrons. The summed E-state index contributed by atoms with van der Waals surface area (Å²) in [6.45, 7) is 11.6. The maximum atomic E-state index is 12.3. The van der Waals surface area contributed by atoms with Crippen LogP contribution in [-0.2, 0) is 10.2 Å². The summed E-state index contributed by atoms with van der Waals surface area (Å²) in [5.74, 6) is 0.382. The number of nitrogens with zero attached hydrogens (tertiary/aromatic N) is 2. The van der Waals surface area contributed by atoms with E-state index in [0.717, 1.165) is 38.2 Å². The standard InChI is InChI=1S/C16H28N4O2/c1-5-8-20(12-6-7-17-10-12)11-14(21)18-15-9-13(19-22-15)16(2,3)4/h9,12,17H,5-8,10-11H2,1-4H3,(H,18,21). The molecule has 22 heavy (non-hydrogen) atoms. The summed E-state index contributed by atoms with van der Waals surface area (Å²) < 4.78 is 5.22. The summed E-state index contributed by atoms with van der Waals surface area (Å²) in [6, 6.07) is 2.25. The van der Waals surface area contributed by atoms with Crippen LogP contribution in [0, 0.1) is 0 Å². The molecule has 1 amide bonds. The molecule has 0 aromatic carbocycles. The van der Waals surface area contributed by atoms with E-state index in [1.807, 2.05) is 0 Å². The third-order valence-electron chi connectivity index (χ3n) is 3.95. The van der Waals surface area contributed by atoms with E-state index in [1.54, 1.807) is 6.07 Å². The molecule has 1 aliphatic heterocycles. The van der Waals surface area contributed by atoms with E-state index in [1.165, 1.54) is 0 Å². The number of hydrogen-bond donors (Lipinski definition) is 2. The van der Waals surface area contributed by atoms with E-state index in [-0.39, 0.29) is 11.3 Å². The minimum absolute atomic E-state index is 0.0445. The molecule has 6 heteroatoms. The summed E-state index contributed by atoms with van der Waals surface area (Å²) in [7, 11) is 0. The quantitative estimate of drug-likeness (QED) is 0.841. The molecular weight excluding hydrogens is 280 g/mol. The normalized spacial score (nSPS) is 18.9. The Kier molecular flexibility index (Phi) is 5.58. The Morgan fingerprint density at radius 1 is 1.55 bits per heavy atom. The molecule has 1 aromatic heterocycles. The molecule has 6 nitrogen and oxygen atoms in total. The Morgan fingerprint density at radius 3 is 2.86 bits per heavy atom. The lowest BCUT2D eigenvalue weighted by Gasteiger charge is -2.26. The van der Waals surface area contributed by atoms with Crippen molar-refractivity contribution < 1.29 is 9.32 Å². The van der Waals surface area contributed by atoms with Crippen molar-refractivity contribution in [2.75, 3.05) is 31.5 Å². The average molecular weight is 308 g/mol.